The number of pyridine rings is 1. The molecule has 2 amide bonds. The minimum Gasteiger partial charge on any atom is -0.334 e. The molecule has 3 aliphatic rings. The zero-order valence-electron chi connectivity index (χ0n) is 17.7. The molecule has 5 rings (SSSR count). The van der Waals surface area contributed by atoms with Gasteiger partial charge < -0.3 is 9.80 Å². The van der Waals surface area contributed by atoms with Crippen molar-refractivity contribution in [3.05, 3.63) is 66.0 Å². The van der Waals surface area contributed by atoms with Gasteiger partial charge in [0.05, 0.1) is 12.1 Å². The summed E-state index contributed by atoms with van der Waals surface area (Å²) in [5.74, 6) is 0.142. The average Bonchev–Trinajstić information content (AvgIpc) is 3.07. The molecule has 1 saturated carbocycles. The molecule has 2 aliphatic heterocycles. The van der Waals surface area contributed by atoms with E-state index in [1.165, 1.54) is 5.56 Å². The van der Waals surface area contributed by atoms with Gasteiger partial charge in [-0.1, -0.05) is 43.3 Å². The van der Waals surface area contributed by atoms with E-state index in [1.54, 1.807) is 13.1 Å². The number of amides is 2. The van der Waals surface area contributed by atoms with E-state index >= 15 is 0 Å². The number of aromatic nitrogens is 1. The molecule has 5 heteroatoms. The molecule has 2 saturated heterocycles. The lowest BCUT2D eigenvalue weighted by Crippen LogP contribution is -2.62. The van der Waals surface area contributed by atoms with Crippen LogP contribution in [-0.2, 0) is 11.2 Å². The maximum atomic E-state index is 13.7. The van der Waals surface area contributed by atoms with Crippen molar-refractivity contribution in [1.82, 2.24) is 14.8 Å². The van der Waals surface area contributed by atoms with E-state index in [-0.39, 0.29) is 41.4 Å². The van der Waals surface area contributed by atoms with Crippen LogP contribution in [-0.4, -0.2) is 50.8 Å². The minimum atomic E-state index is -0.0494. The third kappa shape index (κ3) is 2.86. The summed E-state index contributed by atoms with van der Waals surface area (Å²) in [6, 6.07) is 16.3. The monoisotopic (exact) mass is 403 g/mol. The van der Waals surface area contributed by atoms with Gasteiger partial charge in [0, 0.05) is 30.6 Å². The quantitative estimate of drug-likeness (QED) is 0.785. The van der Waals surface area contributed by atoms with Gasteiger partial charge in [-0.25, -0.2) is 0 Å². The zero-order chi connectivity index (χ0) is 20.9. The lowest BCUT2D eigenvalue weighted by molar-refractivity contribution is -0.142. The number of rotatable bonds is 3. The number of carbonyl (C=O) groups excluding carboxylic acids is 2. The Labute approximate surface area is 178 Å². The van der Waals surface area contributed by atoms with E-state index in [4.69, 9.17) is 0 Å². The third-order valence-electron chi connectivity index (χ3n) is 7.73. The Morgan fingerprint density at radius 3 is 2.40 bits per heavy atom. The Morgan fingerprint density at radius 1 is 1.03 bits per heavy atom. The summed E-state index contributed by atoms with van der Waals surface area (Å²) >= 11 is 0. The molecule has 3 fully saturated rings. The summed E-state index contributed by atoms with van der Waals surface area (Å²) in [7, 11) is 0. The molecule has 0 spiro atoms. The predicted molar refractivity (Wildman–Crippen MR) is 115 cm³/mol. The van der Waals surface area contributed by atoms with Crippen molar-refractivity contribution in [1.29, 1.82) is 0 Å². The lowest BCUT2D eigenvalue weighted by atomic mass is 9.64. The van der Waals surface area contributed by atoms with E-state index in [0.717, 1.165) is 32.1 Å². The molecule has 1 aromatic heterocycles. The Balaban J connectivity index is 1.59. The highest BCUT2D eigenvalue weighted by Gasteiger charge is 2.64. The number of carbonyl (C=O) groups is 2. The molecule has 2 aromatic rings. The van der Waals surface area contributed by atoms with Crippen LogP contribution >= 0.6 is 0 Å². The number of likely N-dealkylation sites (tertiary alicyclic amines) is 2. The highest BCUT2D eigenvalue weighted by atomic mass is 16.2. The van der Waals surface area contributed by atoms with Gasteiger partial charge in [-0.15, -0.1) is 0 Å². The normalized spacial score (nSPS) is 32.2. The lowest BCUT2D eigenvalue weighted by Gasteiger charge is -2.52. The van der Waals surface area contributed by atoms with Gasteiger partial charge in [0.15, 0.2) is 0 Å². The summed E-state index contributed by atoms with van der Waals surface area (Å²) in [5, 5.41) is 0. The van der Waals surface area contributed by atoms with E-state index in [1.807, 2.05) is 36.4 Å². The van der Waals surface area contributed by atoms with Crippen LogP contribution < -0.4 is 0 Å². The fraction of sp³-hybridized carbons (Fsp3) is 0.480. The van der Waals surface area contributed by atoms with Crippen LogP contribution in [0.25, 0.3) is 0 Å². The molecular weight excluding hydrogens is 374 g/mol. The van der Waals surface area contributed by atoms with Crippen molar-refractivity contribution in [3.63, 3.8) is 0 Å². The van der Waals surface area contributed by atoms with Gasteiger partial charge in [0.2, 0.25) is 5.91 Å². The number of hydrogen-bond acceptors (Lipinski definition) is 3. The molecule has 1 aromatic carbocycles. The average molecular weight is 404 g/mol. The first-order valence-electron chi connectivity index (χ1n) is 11.1. The zero-order valence-corrected chi connectivity index (χ0v) is 17.7. The Morgan fingerprint density at radius 2 is 1.73 bits per heavy atom. The van der Waals surface area contributed by atoms with Gasteiger partial charge in [-0.3, -0.25) is 14.6 Å². The fourth-order valence-corrected chi connectivity index (χ4v) is 6.55. The van der Waals surface area contributed by atoms with Crippen molar-refractivity contribution in [2.45, 2.75) is 70.1 Å². The molecule has 0 radical (unpaired) electrons. The second-order valence-electron chi connectivity index (χ2n) is 9.35. The van der Waals surface area contributed by atoms with Crippen molar-refractivity contribution in [2.24, 2.45) is 5.41 Å². The number of piperidine rings is 1. The van der Waals surface area contributed by atoms with Crippen LogP contribution in [0.15, 0.2) is 54.7 Å². The first-order chi connectivity index (χ1) is 14.5. The highest BCUT2D eigenvalue weighted by molar-refractivity contribution is 5.93. The standard InChI is InChI=1S/C25H29N3O2/c1-17(29)27-20(15-18-9-4-3-5-10-18)21-16-25(2)22(27)12-8-13-23(25)28(21)24(30)19-11-6-7-14-26-19/h3-7,9-11,14,20-23H,8,12-13,15-16H2,1-2H3/t20-,21-,22+,23-,25+/m0/s1. The molecule has 2 bridgehead atoms. The summed E-state index contributed by atoms with van der Waals surface area (Å²) in [6.07, 6.45) is 6.50. The molecule has 0 N–H and O–H groups in total. The van der Waals surface area contributed by atoms with Crippen LogP contribution in [0.3, 0.4) is 0 Å². The van der Waals surface area contributed by atoms with Gasteiger partial charge in [-0.2, -0.15) is 0 Å². The van der Waals surface area contributed by atoms with Gasteiger partial charge in [0.25, 0.3) is 5.91 Å². The van der Waals surface area contributed by atoms with Gasteiger partial charge in [0.1, 0.15) is 5.69 Å². The van der Waals surface area contributed by atoms with Gasteiger partial charge >= 0.3 is 0 Å². The molecule has 156 valence electrons. The van der Waals surface area contributed by atoms with E-state index in [0.29, 0.717) is 5.69 Å². The Kier molecular flexibility index (Phi) is 4.64. The summed E-state index contributed by atoms with van der Waals surface area (Å²) < 4.78 is 0. The highest BCUT2D eigenvalue weighted by Crippen LogP contribution is 2.56. The van der Waals surface area contributed by atoms with Crippen LogP contribution in [0.2, 0.25) is 0 Å². The smallest absolute Gasteiger partial charge is 0.273 e. The first-order valence-corrected chi connectivity index (χ1v) is 11.1. The molecular formula is C25H29N3O2. The minimum absolute atomic E-state index is 0.00117. The summed E-state index contributed by atoms with van der Waals surface area (Å²) in [6.45, 7) is 4.00. The van der Waals surface area contributed by atoms with Crippen molar-refractivity contribution < 1.29 is 9.59 Å². The number of benzene rings is 1. The van der Waals surface area contributed by atoms with Crippen LogP contribution in [0.4, 0.5) is 0 Å². The van der Waals surface area contributed by atoms with Crippen molar-refractivity contribution in [2.75, 3.05) is 0 Å². The molecule has 1 aliphatic carbocycles. The van der Waals surface area contributed by atoms with E-state index < -0.39 is 0 Å². The fourth-order valence-electron chi connectivity index (χ4n) is 6.55. The predicted octanol–water partition coefficient (Wildman–Crippen LogP) is 3.70. The molecule has 3 heterocycles. The number of hydrogen-bond donors (Lipinski definition) is 0. The Hall–Kier alpha value is -2.69. The van der Waals surface area contributed by atoms with Crippen molar-refractivity contribution >= 4 is 11.8 Å². The van der Waals surface area contributed by atoms with E-state index in [2.05, 4.69) is 33.8 Å². The summed E-state index contributed by atoms with van der Waals surface area (Å²) in [4.78, 5) is 35.2. The van der Waals surface area contributed by atoms with Crippen molar-refractivity contribution in [3.8, 4) is 0 Å². The second kappa shape index (κ2) is 7.22. The molecule has 5 atom stereocenters. The number of nitrogens with zero attached hydrogens (tertiary/aromatic N) is 3. The SMILES string of the molecule is CC(=O)N1[C@@H](Cc2ccccc2)[C@@H]2C[C@@]3(C)[C@H](CCC[C@@H]13)N2C(=O)c1ccccn1. The third-order valence-corrected chi connectivity index (χ3v) is 7.73. The maximum Gasteiger partial charge on any atom is 0.273 e. The largest absolute Gasteiger partial charge is 0.334 e. The number of fused-ring (bicyclic) bond motifs is 1. The van der Waals surface area contributed by atoms with E-state index in [9.17, 15) is 9.59 Å². The first kappa shape index (κ1) is 19.3. The van der Waals surface area contributed by atoms with Crippen LogP contribution in [0.1, 0.15) is 55.6 Å². The summed E-state index contributed by atoms with van der Waals surface area (Å²) in [5.41, 5.74) is 1.67. The molecule has 0 unspecified atom stereocenters. The Bertz CT molecular complexity index is 947. The van der Waals surface area contributed by atoms with Gasteiger partial charge in [-0.05, 0) is 49.8 Å². The topological polar surface area (TPSA) is 53.5 Å². The van der Waals surface area contributed by atoms with Crippen LogP contribution in [0.5, 0.6) is 0 Å². The molecule has 5 nitrogen and oxygen atoms in total. The maximum absolute atomic E-state index is 13.7. The van der Waals surface area contributed by atoms with Crippen LogP contribution in [0, 0.1) is 5.41 Å². The molecule has 30 heavy (non-hydrogen) atoms. The second-order valence-corrected chi connectivity index (χ2v) is 9.35.